The van der Waals surface area contributed by atoms with Crippen LogP contribution in [0, 0.1) is 5.92 Å². The second kappa shape index (κ2) is 9.57. The molecule has 1 heterocycles. The number of hydrogen-bond acceptors (Lipinski definition) is 4. The Morgan fingerprint density at radius 3 is 2.81 bits per heavy atom. The lowest BCUT2D eigenvalue weighted by Crippen LogP contribution is -2.40. The van der Waals surface area contributed by atoms with Gasteiger partial charge in [-0.1, -0.05) is 0 Å². The molecule has 1 saturated heterocycles. The minimum Gasteiger partial charge on any atom is -0.481 e. The van der Waals surface area contributed by atoms with Gasteiger partial charge in [0.1, 0.15) is 0 Å². The number of ether oxygens (including phenoxy) is 1. The Labute approximate surface area is 126 Å². The van der Waals surface area contributed by atoms with Crippen molar-refractivity contribution in [2.45, 2.75) is 19.3 Å². The second-order valence-corrected chi connectivity index (χ2v) is 5.68. The predicted octanol–water partition coefficient (Wildman–Crippen LogP) is 0.461. The van der Waals surface area contributed by atoms with E-state index in [9.17, 15) is 9.59 Å². The second-order valence-electron chi connectivity index (χ2n) is 5.68. The van der Waals surface area contributed by atoms with Crippen LogP contribution in [0.15, 0.2) is 0 Å². The fourth-order valence-electron chi connectivity index (χ4n) is 2.27. The van der Waals surface area contributed by atoms with Crippen molar-refractivity contribution in [3.63, 3.8) is 0 Å². The van der Waals surface area contributed by atoms with E-state index >= 15 is 0 Å². The van der Waals surface area contributed by atoms with E-state index in [2.05, 4.69) is 5.32 Å². The topological polar surface area (TPSA) is 82.1 Å². The first-order valence-corrected chi connectivity index (χ1v) is 7.46. The summed E-state index contributed by atoms with van der Waals surface area (Å²) in [5, 5.41) is 11.5. The van der Waals surface area contributed by atoms with Gasteiger partial charge in [0.15, 0.2) is 0 Å². The molecule has 0 aliphatic carbocycles. The normalized spacial score (nSPS) is 18.2. The standard InChI is InChI=1S/C14H27N3O4/c1-16(2)8-10-21-9-6-15-14(20)17-7-5-12(11-17)3-4-13(18)19/h12H,3-11H2,1-2H3,(H,15,20)(H,18,19). The SMILES string of the molecule is CN(C)CCOCCNC(=O)N1CCC(CCC(=O)O)C1. The lowest BCUT2D eigenvalue weighted by molar-refractivity contribution is -0.137. The Bertz CT molecular complexity index is 336. The highest BCUT2D eigenvalue weighted by Crippen LogP contribution is 2.20. The molecule has 1 atom stereocenters. The Morgan fingerprint density at radius 2 is 2.14 bits per heavy atom. The summed E-state index contributed by atoms with van der Waals surface area (Å²) in [5.74, 6) is -0.462. The van der Waals surface area contributed by atoms with Crippen LogP contribution in [0.2, 0.25) is 0 Å². The molecule has 2 amide bonds. The largest absolute Gasteiger partial charge is 0.481 e. The number of urea groups is 1. The number of carboxylic acid groups (broad SMARTS) is 1. The molecule has 0 bridgehead atoms. The summed E-state index contributed by atoms with van der Waals surface area (Å²) in [6.45, 7) is 3.89. The molecule has 1 aliphatic heterocycles. The van der Waals surface area contributed by atoms with Crippen molar-refractivity contribution in [3.05, 3.63) is 0 Å². The predicted molar refractivity (Wildman–Crippen MR) is 79.3 cm³/mol. The van der Waals surface area contributed by atoms with Gasteiger partial charge in [-0.2, -0.15) is 0 Å². The number of likely N-dealkylation sites (tertiary alicyclic amines) is 1. The lowest BCUT2D eigenvalue weighted by atomic mass is 10.0. The van der Waals surface area contributed by atoms with E-state index in [4.69, 9.17) is 9.84 Å². The molecule has 21 heavy (non-hydrogen) atoms. The van der Waals surface area contributed by atoms with Crippen LogP contribution in [-0.2, 0) is 9.53 Å². The van der Waals surface area contributed by atoms with Gasteiger partial charge in [0, 0.05) is 32.6 Å². The molecule has 1 unspecified atom stereocenters. The molecule has 1 rings (SSSR count). The molecule has 0 aromatic rings. The zero-order valence-corrected chi connectivity index (χ0v) is 13.0. The third kappa shape index (κ3) is 7.87. The summed E-state index contributed by atoms with van der Waals surface area (Å²) in [5.41, 5.74) is 0. The Hall–Kier alpha value is -1.34. The summed E-state index contributed by atoms with van der Waals surface area (Å²) in [7, 11) is 3.97. The smallest absolute Gasteiger partial charge is 0.317 e. The number of nitrogens with zero attached hydrogens (tertiary/aromatic N) is 2. The average molecular weight is 301 g/mol. The van der Waals surface area contributed by atoms with E-state index < -0.39 is 5.97 Å². The van der Waals surface area contributed by atoms with Crippen molar-refractivity contribution in [1.29, 1.82) is 0 Å². The van der Waals surface area contributed by atoms with Crippen molar-refractivity contribution in [2.24, 2.45) is 5.92 Å². The summed E-state index contributed by atoms with van der Waals surface area (Å²) < 4.78 is 5.40. The maximum atomic E-state index is 11.9. The summed E-state index contributed by atoms with van der Waals surface area (Å²) >= 11 is 0. The number of nitrogens with one attached hydrogen (secondary N) is 1. The van der Waals surface area contributed by atoms with Crippen LogP contribution in [0.5, 0.6) is 0 Å². The maximum absolute atomic E-state index is 11.9. The third-order valence-corrected chi connectivity index (χ3v) is 3.54. The van der Waals surface area contributed by atoms with Gasteiger partial charge >= 0.3 is 12.0 Å². The highest BCUT2D eigenvalue weighted by atomic mass is 16.5. The van der Waals surface area contributed by atoms with Crippen LogP contribution in [0.4, 0.5) is 4.79 Å². The molecule has 0 aromatic carbocycles. The summed E-state index contributed by atoms with van der Waals surface area (Å²) in [4.78, 5) is 26.2. The lowest BCUT2D eigenvalue weighted by Gasteiger charge is -2.17. The minimum absolute atomic E-state index is 0.0796. The van der Waals surface area contributed by atoms with Crippen LogP contribution in [0.1, 0.15) is 19.3 Å². The van der Waals surface area contributed by atoms with Crippen LogP contribution in [-0.4, -0.2) is 80.4 Å². The van der Waals surface area contributed by atoms with E-state index in [1.165, 1.54) is 0 Å². The number of carboxylic acids is 1. The third-order valence-electron chi connectivity index (χ3n) is 3.54. The zero-order chi connectivity index (χ0) is 15.7. The quantitative estimate of drug-likeness (QED) is 0.605. The van der Waals surface area contributed by atoms with E-state index in [-0.39, 0.29) is 12.5 Å². The number of carbonyl (C=O) groups excluding carboxylic acids is 1. The van der Waals surface area contributed by atoms with E-state index in [0.717, 1.165) is 13.0 Å². The molecule has 0 aromatic heterocycles. The number of carbonyl (C=O) groups is 2. The van der Waals surface area contributed by atoms with Gasteiger partial charge < -0.3 is 25.0 Å². The highest BCUT2D eigenvalue weighted by Gasteiger charge is 2.26. The van der Waals surface area contributed by atoms with Crippen molar-refractivity contribution >= 4 is 12.0 Å². The van der Waals surface area contributed by atoms with E-state index in [1.807, 2.05) is 19.0 Å². The summed E-state index contributed by atoms with van der Waals surface area (Å²) in [6.07, 6.45) is 1.71. The molecule has 1 aliphatic rings. The van der Waals surface area contributed by atoms with E-state index in [0.29, 0.717) is 45.2 Å². The number of hydrogen-bond donors (Lipinski definition) is 2. The van der Waals surface area contributed by atoms with Crippen LogP contribution in [0.3, 0.4) is 0 Å². The number of likely N-dealkylation sites (N-methyl/N-ethyl adjacent to an activating group) is 1. The fourth-order valence-corrected chi connectivity index (χ4v) is 2.27. The molecule has 2 N–H and O–H groups in total. The van der Waals surface area contributed by atoms with Crippen molar-refractivity contribution in [2.75, 3.05) is 53.5 Å². The molecular formula is C14H27N3O4. The number of amides is 2. The molecule has 7 heteroatoms. The van der Waals surface area contributed by atoms with Crippen molar-refractivity contribution in [3.8, 4) is 0 Å². The Morgan fingerprint density at radius 1 is 1.38 bits per heavy atom. The van der Waals surface area contributed by atoms with Crippen LogP contribution < -0.4 is 5.32 Å². The van der Waals surface area contributed by atoms with Gasteiger partial charge in [0.05, 0.1) is 13.2 Å². The van der Waals surface area contributed by atoms with E-state index in [1.54, 1.807) is 4.90 Å². The summed E-state index contributed by atoms with van der Waals surface area (Å²) in [6, 6.07) is -0.0796. The molecule has 1 fully saturated rings. The molecular weight excluding hydrogens is 274 g/mol. The first kappa shape index (κ1) is 17.7. The van der Waals surface area contributed by atoms with Crippen LogP contribution in [0.25, 0.3) is 0 Å². The van der Waals surface area contributed by atoms with Crippen molar-refractivity contribution in [1.82, 2.24) is 15.1 Å². The maximum Gasteiger partial charge on any atom is 0.317 e. The first-order chi connectivity index (χ1) is 9.99. The molecule has 122 valence electrons. The average Bonchev–Trinajstić information content (AvgIpc) is 2.88. The molecule has 7 nitrogen and oxygen atoms in total. The monoisotopic (exact) mass is 301 g/mol. The van der Waals surface area contributed by atoms with Gasteiger partial charge in [-0.3, -0.25) is 4.79 Å². The zero-order valence-electron chi connectivity index (χ0n) is 13.0. The van der Waals surface area contributed by atoms with Gasteiger partial charge in [0.2, 0.25) is 0 Å². The van der Waals surface area contributed by atoms with Gasteiger partial charge in [-0.25, -0.2) is 4.79 Å². The van der Waals surface area contributed by atoms with Gasteiger partial charge in [-0.15, -0.1) is 0 Å². The fraction of sp³-hybridized carbons (Fsp3) is 0.857. The van der Waals surface area contributed by atoms with Crippen molar-refractivity contribution < 1.29 is 19.4 Å². The number of rotatable bonds is 9. The Kier molecular flexibility index (Phi) is 8.07. The minimum atomic E-state index is -0.771. The molecule has 0 saturated carbocycles. The van der Waals surface area contributed by atoms with Gasteiger partial charge in [-0.05, 0) is 32.9 Å². The van der Waals surface area contributed by atoms with Crippen LogP contribution >= 0.6 is 0 Å². The molecule has 0 radical (unpaired) electrons. The Balaban J connectivity index is 2.06. The van der Waals surface area contributed by atoms with Gasteiger partial charge in [0.25, 0.3) is 0 Å². The number of aliphatic carboxylic acids is 1. The molecule has 0 spiro atoms. The first-order valence-electron chi connectivity index (χ1n) is 7.46. The highest BCUT2D eigenvalue weighted by molar-refractivity contribution is 5.74.